The van der Waals surface area contributed by atoms with E-state index in [4.69, 9.17) is 4.74 Å². The topological polar surface area (TPSA) is 97.5 Å². The van der Waals surface area contributed by atoms with Gasteiger partial charge in [0.15, 0.2) is 6.10 Å². The number of piperidine rings is 2. The number of halogens is 1. The number of ether oxygens (including phenoxy) is 1. The van der Waals surface area contributed by atoms with Crippen molar-refractivity contribution in [2.45, 2.75) is 63.6 Å². The summed E-state index contributed by atoms with van der Waals surface area (Å²) in [5.74, 6) is -0.116. The lowest BCUT2D eigenvalue weighted by molar-refractivity contribution is -0.142. The molecule has 6 rings (SSSR count). The average Bonchev–Trinajstić information content (AvgIpc) is 3.24. The first-order valence-corrected chi connectivity index (χ1v) is 17.2. The van der Waals surface area contributed by atoms with Crippen LogP contribution in [0.25, 0.3) is 0 Å². The smallest absolute Gasteiger partial charge is 0.410 e. The molecule has 0 saturated carbocycles. The fraction of sp³-hybridized carbons (Fsp3) is 0.559. The molecule has 0 aromatic heterocycles. The van der Waals surface area contributed by atoms with Gasteiger partial charge in [-0.05, 0) is 67.9 Å². The summed E-state index contributed by atoms with van der Waals surface area (Å²) in [5, 5.41) is 6.47. The lowest BCUT2D eigenvalue weighted by atomic mass is 10.0. The van der Waals surface area contributed by atoms with Gasteiger partial charge < -0.3 is 30.1 Å². The number of piperazine rings is 1. The number of nitrogens with zero attached hydrogens (tertiary/aromatic N) is 4. The van der Waals surface area contributed by atoms with Gasteiger partial charge in [-0.25, -0.2) is 9.59 Å². The largest absolute Gasteiger partial charge is 0.436 e. The summed E-state index contributed by atoms with van der Waals surface area (Å²) in [6.07, 6.45) is 2.98. The minimum atomic E-state index is -0.893. The summed E-state index contributed by atoms with van der Waals surface area (Å²) in [4.78, 5) is 48.5. The van der Waals surface area contributed by atoms with Crippen molar-refractivity contribution in [3.8, 4) is 0 Å². The number of rotatable bonds is 6. The van der Waals surface area contributed by atoms with Gasteiger partial charge in [-0.2, -0.15) is 0 Å². The molecule has 4 aliphatic heterocycles. The highest BCUT2D eigenvalue weighted by atomic mass is 79.9. The molecule has 4 heterocycles. The molecule has 2 aromatic carbocycles. The third-order valence-corrected chi connectivity index (χ3v) is 10.8. The Bertz CT molecular complexity index is 1370. The standard InChI is InChI=1S/C34H45BrN6O4/c1-24-6-7-25(22-29(24)35)23-31(32(42)39-15-9-27(10-16-39)38-20-13-36-14-21-38)45-34(44)40-17-11-28(12-18-40)41-19-8-26-4-2-3-5-30(26)37-33(41)43/h2-7,22,27-28,31,36H,8-21,23H2,1H3,(H,37,43)/t31-/m1/s1. The predicted molar refractivity (Wildman–Crippen MR) is 177 cm³/mol. The van der Waals surface area contributed by atoms with Crippen molar-refractivity contribution in [1.29, 1.82) is 0 Å². The average molecular weight is 682 g/mol. The van der Waals surface area contributed by atoms with E-state index >= 15 is 0 Å². The first-order valence-electron chi connectivity index (χ1n) is 16.5. The van der Waals surface area contributed by atoms with Crippen LogP contribution in [0.2, 0.25) is 0 Å². The van der Waals surface area contributed by atoms with Crippen molar-refractivity contribution in [2.75, 3.05) is 64.2 Å². The Balaban J connectivity index is 1.07. The van der Waals surface area contributed by atoms with Crippen LogP contribution in [0.15, 0.2) is 46.9 Å². The van der Waals surface area contributed by atoms with Crippen LogP contribution in [-0.2, 0) is 22.4 Å². The van der Waals surface area contributed by atoms with Gasteiger partial charge in [0.05, 0.1) is 0 Å². The molecule has 3 fully saturated rings. The predicted octanol–water partition coefficient (Wildman–Crippen LogP) is 4.26. The molecule has 0 spiro atoms. The van der Waals surface area contributed by atoms with Gasteiger partial charge in [0, 0.05) is 87.6 Å². The highest BCUT2D eigenvalue weighted by molar-refractivity contribution is 9.10. The number of carbonyl (C=O) groups excluding carboxylic acids is 3. The van der Waals surface area contributed by atoms with Gasteiger partial charge in [0.2, 0.25) is 0 Å². The molecule has 0 aliphatic carbocycles. The Labute approximate surface area is 274 Å². The molecule has 10 nitrogen and oxygen atoms in total. The number of fused-ring (bicyclic) bond motifs is 1. The Hall–Kier alpha value is -3.15. The Morgan fingerprint density at radius 3 is 2.33 bits per heavy atom. The summed E-state index contributed by atoms with van der Waals surface area (Å²) < 4.78 is 7.02. The van der Waals surface area contributed by atoms with E-state index in [1.807, 2.05) is 53.1 Å². The number of amides is 4. The number of hydrogen-bond acceptors (Lipinski definition) is 6. The number of para-hydroxylation sites is 1. The molecule has 1 atom stereocenters. The van der Waals surface area contributed by atoms with E-state index in [2.05, 4.69) is 37.5 Å². The van der Waals surface area contributed by atoms with Crippen molar-refractivity contribution >= 4 is 39.6 Å². The van der Waals surface area contributed by atoms with E-state index < -0.39 is 12.2 Å². The molecule has 2 N–H and O–H groups in total. The minimum absolute atomic E-state index is 0.0441. The normalized spacial score (nSPS) is 21.1. The summed E-state index contributed by atoms with van der Waals surface area (Å²) in [6, 6.07) is 14.4. The molecule has 242 valence electrons. The van der Waals surface area contributed by atoms with Crippen LogP contribution in [0.4, 0.5) is 15.3 Å². The van der Waals surface area contributed by atoms with Crippen LogP contribution in [0.1, 0.15) is 42.4 Å². The quantitative estimate of drug-likeness (QED) is 0.474. The number of benzene rings is 2. The number of anilines is 1. The monoisotopic (exact) mass is 680 g/mol. The van der Waals surface area contributed by atoms with E-state index in [0.717, 1.165) is 72.3 Å². The molecule has 0 radical (unpaired) electrons. The first-order chi connectivity index (χ1) is 21.9. The second-order valence-corrected chi connectivity index (χ2v) is 13.6. The van der Waals surface area contributed by atoms with Crippen molar-refractivity contribution < 1.29 is 19.1 Å². The van der Waals surface area contributed by atoms with E-state index in [9.17, 15) is 14.4 Å². The molecule has 4 amide bonds. The Kier molecular flexibility index (Phi) is 10.3. The van der Waals surface area contributed by atoms with Crippen LogP contribution in [0, 0.1) is 6.92 Å². The molecule has 4 aliphatic rings. The SMILES string of the molecule is Cc1ccc(C[C@@H](OC(=O)N2CCC(N3CCc4ccccc4NC3=O)CC2)C(=O)N2CCC(N3CCNCC3)CC2)cc1Br. The third kappa shape index (κ3) is 7.64. The fourth-order valence-electron chi connectivity index (χ4n) is 7.15. The molecular weight excluding hydrogens is 636 g/mol. The minimum Gasteiger partial charge on any atom is -0.436 e. The van der Waals surface area contributed by atoms with Crippen molar-refractivity contribution in [3.63, 3.8) is 0 Å². The van der Waals surface area contributed by atoms with Gasteiger partial charge in [-0.3, -0.25) is 9.69 Å². The highest BCUT2D eigenvalue weighted by Gasteiger charge is 2.36. The summed E-state index contributed by atoms with van der Waals surface area (Å²) in [7, 11) is 0. The van der Waals surface area contributed by atoms with Gasteiger partial charge in [0.1, 0.15) is 0 Å². The molecule has 2 aromatic rings. The third-order valence-electron chi connectivity index (χ3n) is 9.93. The number of carbonyl (C=O) groups is 3. The molecule has 0 bridgehead atoms. The zero-order chi connectivity index (χ0) is 31.3. The molecular formula is C34H45BrN6O4. The van der Waals surface area contributed by atoms with Crippen molar-refractivity contribution in [1.82, 2.24) is 24.9 Å². The van der Waals surface area contributed by atoms with Crippen LogP contribution < -0.4 is 10.6 Å². The zero-order valence-electron chi connectivity index (χ0n) is 26.2. The fourth-order valence-corrected chi connectivity index (χ4v) is 7.58. The lowest BCUT2D eigenvalue weighted by Crippen LogP contribution is -2.54. The van der Waals surface area contributed by atoms with Gasteiger partial charge in [-0.15, -0.1) is 0 Å². The number of urea groups is 1. The zero-order valence-corrected chi connectivity index (χ0v) is 27.8. The highest BCUT2D eigenvalue weighted by Crippen LogP contribution is 2.26. The van der Waals surface area contributed by atoms with E-state index in [1.165, 1.54) is 0 Å². The maximum atomic E-state index is 13.9. The molecule has 11 heteroatoms. The van der Waals surface area contributed by atoms with Crippen LogP contribution in [0.5, 0.6) is 0 Å². The second-order valence-electron chi connectivity index (χ2n) is 12.8. The number of aryl methyl sites for hydroxylation is 1. The molecule has 45 heavy (non-hydrogen) atoms. The van der Waals surface area contributed by atoms with E-state index in [-0.39, 0.29) is 18.0 Å². The van der Waals surface area contributed by atoms with Crippen molar-refractivity contribution in [2.24, 2.45) is 0 Å². The maximum absolute atomic E-state index is 13.9. The molecule has 3 saturated heterocycles. The second kappa shape index (κ2) is 14.5. The number of hydrogen-bond donors (Lipinski definition) is 2. The number of nitrogens with one attached hydrogen (secondary N) is 2. The summed E-state index contributed by atoms with van der Waals surface area (Å²) in [5.41, 5.74) is 4.06. The number of likely N-dealkylation sites (tertiary alicyclic amines) is 2. The van der Waals surface area contributed by atoms with Crippen LogP contribution in [-0.4, -0.2) is 115 Å². The Morgan fingerprint density at radius 1 is 0.911 bits per heavy atom. The molecule has 0 unspecified atom stereocenters. The maximum Gasteiger partial charge on any atom is 0.410 e. The van der Waals surface area contributed by atoms with Crippen LogP contribution in [0.3, 0.4) is 0 Å². The Morgan fingerprint density at radius 2 is 1.60 bits per heavy atom. The lowest BCUT2D eigenvalue weighted by Gasteiger charge is -2.41. The summed E-state index contributed by atoms with van der Waals surface area (Å²) in [6.45, 7) is 9.10. The van der Waals surface area contributed by atoms with Gasteiger partial charge >= 0.3 is 12.1 Å². The van der Waals surface area contributed by atoms with E-state index in [0.29, 0.717) is 58.0 Å². The summed E-state index contributed by atoms with van der Waals surface area (Å²) >= 11 is 3.61. The van der Waals surface area contributed by atoms with Gasteiger partial charge in [-0.1, -0.05) is 46.3 Å². The van der Waals surface area contributed by atoms with Crippen LogP contribution >= 0.6 is 15.9 Å². The van der Waals surface area contributed by atoms with E-state index in [1.54, 1.807) is 4.90 Å². The van der Waals surface area contributed by atoms with Crippen molar-refractivity contribution in [3.05, 3.63) is 63.6 Å². The van der Waals surface area contributed by atoms with Gasteiger partial charge in [0.25, 0.3) is 5.91 Å². The first kappa shape index (κ1) is 31.8.